The Morgan fingerprint density at radius 2 is 1.43 bits per heavy atom. The van der Waals surface area contributed by atoms with Gasteiger partial charge >= 0.3 is 12.9 Å². The monoisotopic (exact) mass is 236 g/mol. The van der Waals surface area contributed by atoms with E-state index in [9.17, 15) is 0 Å². The molecule has 0 spiro atoms. The topological polar surface area (TPSA) is 52.6 Å². The number of carbonyl (C=O) groups is 2. The summed E-state index contributed by atoms with van der Waals surface area (Å²) in [5.74, 6) is 0. The van der Waals surface area contributed by atoms with Gasteiger partial charge in [0.25, 0.3) is 0 Å². The summed E-state index contributed by atoms with van der Waals surface area (Å²) in [6.07, 6.45) is 0. The molecule has 4 nitrogen and oxygen atoms in total. The minimum absolute atomic E-state index is 0.00833. The van der Waals surface area contributed by atoms with Crippen LogP contribution in [-0.4, -0.2) is 12.9 Å². The Morgan fingerprint density at radius 1 is 1.00 bits per heavy atom. The van der Waals surface area contributed by atoms with E-state index in [-0.39, 0.29) is 12.9 Å². The van der Waals surface area contributed by atoms with Gasteiger partial charge in [-0.2, -0.15) is 0 Å². The van der Waals surface area contributed by atoms with Crippen molar-refractivity contribution >= 4 is 36.1 Å². The van der Waals surface area contributed by atoms with Crippen LogP contribution in [0.2, 0.25) is 10.0 Å². The first-order valence-electron chi connectivity index (χ1n) is 3.31. The minimum atomic E-state index is 0.00833. The van der Waals surface area contributed by atoms with E-state index < -0.39 is 0 Å². The van der Waals surface area contributed by atoms with Gasteiger partial charge in [0, 0.05) is 10.0 Å². The first-order chi connectivity index (χ1) is 6.70. The van der Waals surface area contributed by atoms with Gasteiger partial charge in [-0.05, 0) is 18.2 Å². The minimum Gasteiger partial charge on any atom is -0.251 e. The molecule has 0 heterocycles. The molecule has 0 radical (unpaired) electrons. The quantitative estimate of drug-likeness (QED) is 0.350. The van der Waals surface area contributed by atoms with Crippen LogP contribution in [0, 0.1) is 0 Å². The Kier molecular flexibility index (Phi) is 7.59. The van der Waals surface area contributed by atoms with Crippen LogP contribution < -0.4 is 0 Å². The molecule has 6 heteroatoms. The molecular weight excluding hydrogens is 231 g/mol. The molecule has 0 saturated carbocycles. The summed E-state index contributed by atoms with van der Waals surface area (Å²) in [6, 6.07) is 7.08. The van der Waals surface area contributed by atoms with Crippen LogP contribution in [0.1, 0.15) is 0 Å². The van der Waals surface area contributed by atoms with Gasteiger partial charge in [-0.25, -0.2) is 0 Å². The molecular formula is C8H6Cl2O4. The molecule has 0 N–H and O–H groups in total. The Balaban J connectivity index is 0.000000255. The molecule has 0 atom stereocenters. The molecule has 0 saturated heterocycles. The van der Waals surface area contributed by atoms with Gasteiger partial charge in [-0.3, -0.25) is 19.4 Å². The number of rotatable bonds is 3. The van der Waals surface area contributed by atoms with Crippen molar-refractivity contribution in [3.63, 3.8) is 0 Å². The van der Waals surface area contributed by atoms with Gasteiger partial charge in [0.15, 0.2) is 0 Å². The first kappa shape index (κ1) is 12.7. The smallest absolute Gasteiger partial charge is 0.251 e. The highest BCUT2D eigenvalue weighted by Gasteiger charge is 1.85. The van der Waals surface area contributed by atoms with Crippen molar-refractivity contribution in [2.24, 2.45) is 0 Å². The maximum Gasteiger partial charge on any atom is 0.344 e. The van der Waals surface area contributed by atoms with Crippen molar-refractivity contribution in [3.05, 3.63) is 34.3 Å². The van der Waals surface area contributed by atoms with E-state index in [1.807, 2.05) is 6.07 Å². The molecule has 1 aromatic rings. The third kappa shape index (κ3) is 7.39. The zero-order chi connectivity index (χ0) is 10.8. The van der Waals surface area contributed by atoms with E-state index >= 15 is 0 Å². The first-order valence-corrected chi connectivity index (χ1v) is 4.06. The number of carbonyl (C=O) groups excluding carboxylic acids is 2. The summed E-state index contributed by atoms with van der Waals surface area (Å²) in [4.78, 5) is 25.0. The molecule has 0 aromatic heterocycles. The van der Waals surface area contributed by atoms with Crippen molar-refractivity contribution < 1.29 is 19.4 Å². The molecule has 0 amide bonds. The van der Waals surface area contributed by atoms with Crippen LogP contribution >= 0.6 is 23.2 Å². The largest absolute Gasteiger partial charge is 0.344 e. The zero-order valence-electron chi connectivity index (χ0n) is 6.85. The van der Waals surface area contributed by atoms with Crippen molar-refractivity contribution in [1.29, 1.82) is 0 Å². The fourth-order valence-electron chi connectivity index (χ4n) is 0.505. The van der Waals surface area contributed by atoms with E-state index in [0.717, 1.165) is 0 Å². The van der Waals surface area contributed by atoms with E-state index in [1.165, 1.54) is 0 Å². The molecule has 14 heavy (non-hydrogen) atoms. The average Bonchev–Trinajstić information content (AvgIpc) is 2.15. The summed E-state index contributed by atoms with van der Waals surface area (Å²) >= 11 is 11.1. The Hall–Kier alpha value is -1.26. The molecule has 0 aliphatic heterocycles. The maximum atomic E-state index is 9.06. The Morgan fingerprint density at radius 3 is 1.64 bits per heavy atom. The second-order valence-corrected chi connectivity index (χ2v) is 2.70. The lowest BCUT2D eigenvalue weighted by molar-refractivity contribution is -0.235. The van der Waals surface area contributed by atoms with Crippen molar-refractivity contribution in [2.45, 2.75) is 0 Å². The summed E-state index contributed by atoms with van der Waals surface area (Å²) in [5.41, 5.74) is 0. The lowest BCUT2D eigenvalue weighted by atomic mass is 10.4. The van der Waals surface area contributed by atoms with Gasteiger partial charge in [0.2, 0.25) is 0 Å². The van der Waals surface area contributed by atoms with Crippen molar-refractivity contribution in [2.75, 3.05) is 0 Å². The molecule has 0 unspecified atom stereocenters. The number of hydrogen-bond donors (Lipinski definition) is 0. The second kappa shape index (κ2) is 8.34. The molecule has 0 aliphatic carbocycles. The average molecular weight is 237 g/mol. The van der Waals surface area contributed by atoms with Gasteiger partial charge in [-0.1, -0.05) is 29.3 Å². The van der Waals surface area contributed by atoms with Crippen molar-refractivity contribution in [3.8, 4) is 0 Å². The fraction of sp³-hybridized carbons (Fsp3) is 0. The van der Waals surface area contributed by atoms with E-state index in [4.69, 9.17) is 32.8 Å². The molecule has 0 fully saturated rings. The van der Waals surface area contributed by atoms with Crippen LogP contribution in [0.15, 0.2) is 24.3 Å². The molecule has 1 rings (SSSR count). The van der Waals surface area contributed by atoms with Crippen LogP contribution in [0.4, 0.5) is 0 Å². The lowest BCUT2D eigenvalue weighted by Crippen LogP contribution is -1.85. The predicted octanol–water partition coefficient (Wildman–Crippen LogP) is 2.24. The van der Waals surface area contributed by atoms with E-state index in [1.54, 1.807) is 18.2 Å². The molecule has 0 bridgehead atoms. The Bertz CT molecular complexity index is 265. The third-order valence-electron chi connectivity index (χ3n) is 0.921. The van der Waals surface area contributed by atoms with Gasteiger partial charge in [0.1, 0.15) is 0 Å². The number of hydrogen-bond acceptors (Lipinski definition) is 4. The summed E-state index contributed by atoms with van der Waals surface area (Å²) in [6.45, 7) is 0.0167. The Labute approximate surface area is 90.3 Å². The summed E-state index contributed by atoms with van der Waals surface area (Å²) in [5, 5.41) is 1.36. The van der Waals surface area contributed by atoms with E-state index in [0.29, 0.717) is 10.0 Å². The van der Waals surface area contributed by atoms with Crippen LogP contribution in [0.3, 0.4) is 0 Å². The third-order valence-corrected chi connectivity index (χ3v) is 1.39. The highest BCUT2D eigenvalue weighted by molar-refractivity contribution is 6.34. The number of halogens is 2. The van der Waals surface area contributed by atoms with E-state index in [2.05, 4.69) is 9.78 Å². The standard InChI is InChI=1S/C6H4Cl2.C2H2O4/c7-5-2-1-3-6(8)4-5;3-1-5-6-2-4/h1-4H;1-2H. The van der Waals surface area contributed by atoms with Gasteiger partial charge < -0.3 is 0 Å². The maximum absolute atomic E-state index is 9.06. The second-order valence-electron chi connectivity index (χ2n) is 1.82. The molecule has 76 valence electrons. The molecule has 0 aliphatic rings. The van der Waals surface area contributed by atoms with Crippen LogP contribution in [0.5, 0.6) is 0 Å². The highest BCUT2D eigenvalue weighted by atomic mass is 35.5. The number of benzene rings is 1. The predicted molar refractivity (Wildman–Crippen MR) is 50.8 cm³/mol. The van der Waals surface area contributed by atoms with Crippen LogP contribution in [0.25, 0.3) is 0 Å². The highest BCUT2D eigenvalue weighted by Crippen LogP contribution is 2.13. The summed E-state index contributed by atoms with van der Waals surface area (Å²) in [7, 11) is 0. The molecule has 1 aromatic carbocycles. The van der Waals surface area contributed by atoms with Gasteiger partial charge in [-0.15, -0.1) is 0 Å². The normalized spacial score (nSPS) is 7.86. The van der Waals surface area contributed by atoms with Crippen LogP contribution in [-0.2, 0) is 19.4 Å². The lowest BCUT2D eigenvalue weighted by Gasteiger charge is -1.86. The zero-order valence-corrected chi connectivity index (χ0v) is 8.36. The van der Waals surface area contributed by atoms with Crippen molar-refractivity contribution in [1.82, 2.24) is 0 Å². The fourth-order valence-corrected chi connectivity index (χ4v) is 0.942. The SMILES string of the molecule is Clc1cccc(Cl)c1.O=COOC=O. The summed E-state index contributed by atoms with van der Waals surface area (Å²) < 4.78 is 0. The van der Waals surface area contributed by atoms with Gasteiger partial charge in [0.05, 0.1) is 0 Å².